The number of nitrogens with zero attached hydrogens (tertiary/aromatic N) is 6. The highest BCUT2D eigenvalue weighted by atomic mass is 35.5. The molecule has 4 heterocycles. The van der Waals surface area contributed by atoms with Crippen molar-refractivity contribution in [3.63, 3.8) is 0 Å². The van der Waals surface area contributed by atoms with Crippen LogP contribution in [-0.2, 0) is 11.3 Å². The van der Waals surface area contributed by atoms with Crippen LogP contribution in [0.2, 0.25) is 15.2 Å². The Morgan fingerprint density at radius 3 is 2.65 bits per heavy atom. The first kappa shape index (κ1) is 28.8. The van der Waals surface area contributed by atoms with Crippen LogP contribution in [0, 0.1) is 0 Å². The van der Waals surface area contributed by atoms with Crippen LogP contribution in [0.3, 0.4) is 0 Å². The predicted molar refractivity (Wildman–Crippen MR) is 161 cm³/mol. The number of aromatic nitrogens is 4. The van der Waals surface area contributed by atoms with E-state index < -0.39 is 6.04 Å². The molecule has 2 N–H and O–H groups in total. The first-order valence-electron chi connectivity index (χ1n) is 13.3. The van der Waals surface area contributed by atoms with Crippen molar-refractivity contribution in [3.05, 3.63) is 81.9 Å². The van der Waals surface area contributed by atoms with Gasteiger partial charge >= 0.3 is 6.03 Å². The number of rotatable bonds is 7. The maximum absolute atomic E-state index is 13.2. The van der Waals surface area contributed by atoms with E-state index in [-0.39, 0.29) is 36.8 Å². The molecule has 4 aromatic rings. The van der Waals surface area contributed by atoms with E-state index in [9.17, 15) is 9.59 Å². The molecule has 0 spiro atoms. The molecule has 15 heteroatoms. The summed E-state index contributed by atoms with van der Waals surface area (Å²) >= 11 is 18.5. The number of carbonyl (C=O) groups excluding carboxylic acids is 2. The second-order valence-electron chi connectivity index (χ2n) is 9.84. The fraction of sp³-hybridized carbons (Fsp3) is 0.250. The molecule has 43 heavy (non-hydrogen) atoms. The molecule has 0 radical (unpaired) electrons. The van der Waals surface area contributed by atoms with Crippen LogP contribution in [0.25, 0.3) is 5.95 Å². The topological polar surface area (TPSA) is 127 Å². The molecule has 2 aromatic carbocycles. The first-order chi connectivity index (χ1) is 20.8. The predicted octanol–water partition coefficient (Wildman–Crippen LogP) is 4.78. The van der Waals surface area contributed by atoms with Gasteiger partial charge in [0.1, 0.15) is 17.3 Å². The van der Waals surface area contributed by atoms with Gasteiger partial charge in [0.15, 0.2) is 11.5 Å². The number of amides is 3. The van der Waals surface area contributed by atoms with Gasteiger partial charge in [-0.3, -0.25) is 9.36 Å². The SMILES string of the molecule is O=C(CC1CN(C(=O)Nc2ccc(Cl)c(Cl)c2)CCN1c1cc(Cl)nc(-n2ccnc2)n1)NCc1ccc2c(c1)OCO2. The number of hydrogen-bond donors (Lipinski definition) is 2. The van der Waals surface area contributed by atoms with Crippen LogP contribution < -0.4 is 25.0 Å². The molecule has 1 saturated heterocycles. The van der Waals surface area contributed by atoms with Gasteiger partial charge in [-0.05, 0) is 35.9 Å². The number of nitrogens with one attached hydrogen (secondary N) is 2. The summed E-state index contributed by atoms with van der Waals surface area (Å²) in [6, 6.07) is 11.3. The summed E-state index contributed by atoms with van der Waals surface area (Å²) in [6.07, 6.45) is 4.98. The van der Waals surface area contributed by atoms with Crippen molar-refractivity contribution in [2.45, 2.75) is 19.0 Å². The van der Waals surface area contributed by atoms with Crippen molar-refractivity contribution in [3.8, 4) is 17.4 Å². The van der Waals surface area contributed by atoms with E-state index in [2.05, 4.69) is 25.6 Å². The van der Waals surface area contributed by atoms with Crippen LogP contribution in [0.5, 0.6) is 11.5 Å². The van der Waals surface area contributed by atoms with Gasteiger partial charge in [-0.1, -0.05) is 40.9 Å². The molecule has 1 atom stereocenters. The van der Waals surface area contributed by atoms with E-state index in [1.165, 1.54) is 0 Å². The zero-order chi connectivity index (χ0) is 29.9. The monoisotopic (exact) mass is 642 g/mol. The van der Waals surface area contributed by atoms with Crippen LogP contribution in [0.15, 0.2) is 61.2 Å². The third-order valence-corrected chi connectivity index (χ3v) is 7.92. The van der Waals surface area contributed by atoms with Crippen LogP contribution >= 0.6 is 34.8 Å². The summed E-state index contributed by atoms with van der Waals surface area (Å²) in [5.74, 6) is 1.98. The minimum Gasteiger partial charge on any atom is -0.454 e. The molecule has 12 nitrogen and oxygen atoms in total. The molecule has 3 amide bonds. The van der Waals surface area contributed by atoms with E-state index >= 15 is 0 Å². The van der Waals surface area contributed by atoms with Crippen molar-refractivity contribution in [1.29, 1.82) is 0 Å². The smallest absolute Gasteiger partial charge is 0.321 e. The van der Waals surface area contributed by atoms with E-state index in [0.717, 1.165) is 5.56 Å². The second kappa shape index (κ2) is 12.5. The van der Waals surface area contributed by atoms with Gasteiger partial charge in [0, 0.05) is 56.7 Å². The number of benzene rings is 2. The van der Waals surface area contributed by atoms with Crippen LogP contribution in [-0.4, -0.2) is 68.8 Å². The molecule has 0 bridgehead atoms. The van der Waals surface area contributed by atoms with Gasteiger partial charge < -0.3 is 29.9 Å². The lowest BCUT2D eigenvalue weighted by Crippen LogP contribution is -2.57. The Bertz CT molecular complexity index is 1660. The molecular weight excluding hydrogens is 619 g/mol. The highest BCUT2D eigenvalue weighted by Crippen LogP contribution is 2.32. The zero-order valence-electron chi connectivity index (χ0n) is 22.5. The molecule has 1 fully saturated rings. The van der Waals surface area contributed by atoms with Crippen LogP contribution in [0.1, 0.15) is 12.0 Å². The summed E-state index contributed by atoms with van der Waals surface area (Å²) in [5, 5.41) is 6.78. The van der Waals surface area contributed by atoms with Crippen molar-refractivity contribution in [1.82, 2.24) is 29.7 Å². The molecule has 2 aromatic heterocycles. The van der Waals surface area contributed by atoms with E-state index in [1.54, 1.807) is 52.5 Å². The highest BCUT2D eigenvalue weighted by molar-refractivity contribution is 6.42. The molecule has 2 aliphatic rings. The second-order valence-corrected chi connectivity index (χ2v) is 11.0. The number of anilines is 2. The average molecular weight is 644 g/mol. The number of hydrogen-bond acceptors (Lipinski definition) is 8. The number of fused-ring (bicyclic) bond motifs is 1. The standard InChI is InChI=1S/C28H25Cl3N8O4/c29-20-3-2-18(10-21(20)30)34-28(41)37-7-8-39(25-12-24(31)35-27(36-25)38-6-5-32-15-38)19(14-37)11-26(40)33-13-17-1-4-22-23(9-17)43-16-42-22/h1-6,9-10,12,15,19H,7-8,11,13-14,16H2,(H,33,40)(H,34,41). The first-order valence-corrected chi connectivity index (χ1v) is 14.4. The zero-order valence-corrected chi connectivity index (χ0v) is 24.8. The maximum Gasteiger partial charge on any atom is 0.321 e. The maximum atomic E-state index is 13.2. The van der Waals surface area contributed by atoms with Crippen molar-refractivity contribution >= 4 is 58.2 Å². The van der Waals surface area contributed by atoms with E-state index in [0.29, 0.717) is 58.6 Å². The summed E-state index contributed by atoms with van der Waals surface area (Å²) in [7, 11) is 0. The molecule has 0 saturated carbocycles. The number of ether oxygens (including phenoxy) is 2. The molecule has 1 unspecified atom stereocenters. The Hall–Kier alpha value is -4.26. The van der Waals surface area contributed by atoms with Gasteiger partial charge in [0.2, 0.25) is 18.6 Å². The van der Waals surface area contributed by atoms with Gasteiger partial charge in [-0.25, -0.2) is 14.8 Å². The normalized spacial score (nSPS) is 15.8. The van der Waals surface area contributed by atoms with Gasteiger partial charge in [-0.15, -0.1) is 0 Å². The summed E-state index contributed by atoms with van der Waals surface area (Å²) < 4.78 is 12.4. The molecular formula is C28H25Cl3N8O4. The summed E-state index contributed by atoms with van der Waals surface area (Å²) in [6.45, 7) is 1.48. The number of piperazine rings is 1. The lowest BCUT2D eigenvalue weighted by atomic mass is 10.1. The minimum atomic E-state index is -0.424. The Balaban J connectivity index is 1.20. The Morgan fingerprint density at radius 2 is 1.84 bits per heavy atom. The highest BCUT2D eigenvalue weighted by Gasteiger charge is 2.33. The van der Waals surface area contributed by atoms with Crippen molar-refractivity contribution in [2.75, 3.05) is 36.6 Å². The van der Waals surface area contributed by atoms with Crippen LogP contribution in [0.4, 0.5) is 16.3 Å². The molecule has 6 rings (SSSR count). The Labute approximate surface area is 261 Å². The molecule has 222 valence electrons. The van der Waals surface area contributed by atoms with Gasteiger partial charge in [0.05, 0.1) is 16.1 Å². The lowest BCUT2D eigenvalue weighted by molar-refractivity contribution is -0.121. The number of imidazole rings is 1. The number of urea groups is 1. The molecule has 0 aliphatic carbocycles. The average Bonchev–Trinajstić information content (AvgIpc) is 3.70. The minimum absolute atomic E-state index is 0.0864. The Morgan fingerprint density at radius 1 is 0.977 bits per heavy atom. The van der Waals surface area contributed by atoms with Gasteiger partial charge in [0.25, 0.3) is 0 Å². The number of halogens is 3. The van der Waals surface area contributed by atoms with E-state index in [1.807, 2.05) is 23.1 Å². The van der Waals surface area contributed by atoms with Crippen molar-refractivity contribution < 1.29 is 19.1 Å². The quantitative estimate of drug-likeness (QED) is 0.276. The fourth-order valence-corrected chi connectivity index (χ4v) is 5.34. The molecule has 2 aliphatic heterocycles. The third kappa shape index (κ3) is 6.71. The third-order valence-electron chi connectivity index (χ3n) is 6.99. The summed E-state index contributed by atoms with van der Waals surface area (Å²) in [4.78, 5) is 43.2. The summed E-state index contributed by atoms with van der Waals surface area (Å²) in [5.41, 5.74) is 1.38. The Kier molecular flexibility index (Phi) is 8.41. The van der Waals surface area contributed by atoms with E-state index in [4.69, 9.17) is 44.3 Å². The number of carbonyl (C=O) groups is 2. The van der Waals surface area contributed by atoms with Gasteiger partial charge in [-0.2, -0.15) is 4.98 Å². The largest absolute Gasteiger partial charge is 0.454 e. The fourth-order valence-electron chi connectivity index (χ4n) is 4.86. The lowest BCUT2D eigenvalue weighted by Gasteiger charge is -2.42. The van der Waals surface area contributed by atoms with Crippen molar-refractivity contribution in [2.24, 2.45) is 0 Å².